The molecule has 0 radical (unpaired) electrons. The normalized spacial score (nSPS) is 10.3. The molecule has 0 aliphatic carbocycles. The van der Waals surface area contributed by atoms with Gasteiger partial charge in [-0.15, -0.1) is 24.0 Å². The Bertz CT molecular complexity index is 496. The van der Waals surface area contributed by atoms with Crippen molar-refractivity contribution in [3.63, 3.8) is 0 Å². The summed E-state index contributed by atoms with van der Waals surface area (Å²) in [6, 6.07) is 8.45. The average molecular weight is 411 g/mol. The highest BCUT2D eigenvalue weighted by atomic mass is 127. The largest absolute Gasteiger partial charge is 0.357 e. The fourth-order valence-corrected chi connectivity index (χ4v) is 2.67. The van der Waals surface area contributed by atoms with Gasteiger partial charge in [0.1, 0.15) is 0 Å². The molecule has 7 heteroatoms. The molecule has 1 rings (SSSR count). The SMILES string of the molecule is CCNC(=NCCS(=O)(=O)c1ccccc1)NCC.I. The zero-order chi connectivity index (χ0) is 14.1. The van der Waals surface area contributed by atoms with Gasteiger partial charge in [-0.05, 0) is 26.0 Å². The first kappa shape index (κ1) is 19.2. The summed E-state index contributed by atoms with van der Waals surface area (Å²) in [5.74, 6) is 0.658. The number of benzene rings is 1. The standard InChI is InChI=1S/C13H21N3O2S.HI/c1-3-14-13(15-4-2)16-10-11-19(17,18)12-8-6-5-7-9-12;/h5-9H,3-4,10-11H2,1-2H3,(H2,14,15,16);1H. The minimum Gasteiger partial charge on any atom is -0.357 e. The predicted octanol–water partition coefficient (Wildman–Crippen LogP) is 1.65. The van der Waals surface area contributed by atoms with Gasteiger partial charge in [0.25, 0.3) is 0 Å². The number of hydrogen-bond acceptors (Lipinski definition) is 3. The van der Waals surface area contributed by atoms with Crippen molar-refractivity contribution in [1.29, 1.82) is 0 Å². The fourth-order valence-electron chi connectivity index (χ4n) is 1.53. The maximum absolute atomic E-state index is 12.0. The Morgan fingerprint density at radius 3 is 2.15 bits per heavy atom. The molecular formula is C13H22IN3O2S. The number of nitrogens with zero attached hydrogens (tertiary/aromatic N) is 1. The number of nitrogens with one attached hydrogen (secondary N) is 2. The van der Waals surface area contributed by atoms with Crippen molar-refractivity contribution in [3.8, 4) is 0 Å². The van der Waals surface area contributed by atoms with Crippen molar-refractivity contribution in [2.75, 3.05) is 25.4 Å². The highest BCUT2D eigenvalue weighted by Crippen LogP contribution is 2.09. The summed E-state index contributed by atoms with van der Waals surface area (Å²) in [5.41, 5.74) is 0. The van der Waals surface area contributed by atoms with E-state index >= 15 is 0 Å². The summed E-state index contributed by atoms with van der Waals surface area (Å²) >= 11 is 0. The van der Waals surface area contributed by atoms with Gasteiger partial charge in [-0.3, -0.25) is 4.99 Å². The van der Waals surface area contributed by atoms with Crippen molar-refractivity contribution in [2.24, 2.45) is 4.99 Å². The Hall–Kier alpha value is -0.830. The van der Waals surface area contributed by atoms with Crippen LogP contribution in [-0.2, 0) is 9.84 Å². The number of aliphatic imine (C=N–C) groups is 1. The predicted molar refractivity (Wildman–Crippen MR) is 93.6 cm³/mol. The van der Waals surface area contributed by atoms with Gasteiger partial charge in [-0.25, -0.2) is 8.42 Å². The molecule has 0 atom stereocenters. The number of sulfone groups is 1. The van der Waals surface area contributed by atoms with Crippen LogP contribution in [0.5, 0.6) is 0 Å². The lowest BCUT2D eigenvalue weighted by Crippen LogP contribution is -2.37. The zero-order valence-electron chi connectivity index (χ0n) is 11.8. The number of rotatable bonds is 6. The van der Waals surface area contributed by atoms with Gasteiger partial charge < -0.3 is 10.6 Å². The van der Waals surface area contributed by atoms with E-state index in [4.69, 9.17) is 0 Å². The molecule has 0 bridgehead atoms. The highest BCUT2D eigenvalue weighted by molar-refractivity contribution is 14.0. The molecule has 1 aromatic rings. The van der Waals surface area contributed by atoms with Crippen LogP contribution in [0.3, 0.4) is 0 Å². The van der Waals surface area contributed by atoms with Crippen LogP contribution in [0, 0.1) is 0 Å². The van der Waals surface area contributed by atoms with E-state index in [1.54, 1.807) is 30.3 Å². The first-order valence-corrected chi connectivity index (χ1v) is 8.05. The Morgan fingerprint density at radius 2 is 1.65 bits per heavy atom. The molecule has 0 unspecified atom stereocenters. The van der Waals surface area contributed by atoms with E-state index in [0.717, 1.165) is 13.1 Å². The lowest BCUT2D eigenvalue weighted by molar-refractivity contribution is 0.596. The van der Waals surface area contributed by atoms with Crippen molar-refractivity contribution < 1.29 is 8.42 Å². The van der Waals surface area contributed by atoms with E-state index in [1.807, 2.05) is 13.8 Å². The van der Waals surface area contributed by atoms with Gasteiger partial charge in [-0.1, -0.05) is 18.2 Å². The van der Waals surface area contributed by atoms with E-state index in [9.17, 15) is 8.42 Å². The number of hydrogen-bond donors (Lipinski definition) is 2. The molecule has 0 aromatic heterocycles. The second-order valence-corrected chi connectivity index (χ2v) is 6.03. The van der Waals surface area contributed by atoms with Crippen molar-refractivity contribution in [3.05, 3.63) is 30.3 Å². The zero-order valence-corrected chi connectivity index (χ0v) is 14.9. The van der Waals surface area contributed by atoms with Crippen LogP contribution in [0.25, 0.3) is 0 Å². The van der Waals surface area contributed by atoms with Gasteiger partial charge in [0.05, 0.1) is 17.2 Å². The minimum atomic E-state index is -3.25. The Morgan fingerprint density at radius 1 is 1.10 bits per heavy atom. The third-order valence-corrected chi connectivity index (χ3v) is 4.13. The minimum absolute atomic E-state index is 0. The first-order chi connectivity index (χ1) is 9.10. The molecule has 0 aliphatic rings. The third-order valence-electron chi connectivity index (χ3n) is 2.42. The highest BCUT2D eigenvalue weighted by Gasteiger charge is 2.12. The van der Waals surface area contributed by atoms with E-state index in [1.165, 1.54) is 0 Å². The Balaban J connectivity index is 0.00000361. The number of halogens is 1. The van der Waals surface area contributed by atoms with Gasteiger partial charge in [0, 0.05) is 13.1 Å². The van der Waals surface area contributed by atoms with E-state index in [2.05, 4.69) is 15.6 Å². The summed E-state index contributed by atoms with van der Waals surface area (Å²) < 4.78 is 24.0. The van der Waals surface area contributed by atoms with E-state index < -0.39 is 9.84 Å². The average Bonchev–Trinajstić information content (AvgIpc) is 2.40. The van der Waals surface area contributed by atoms with Gasteiger partial charge in [-0.2, -0.15) is 0 Å². The second-order valence-electron chi connectivity index (χ2n) is 3.92. The van der Waals surface area contributed by atoms with E-state index in [0.29, 0.717) is 10.9 Å². The summed E-state index contributed by atoms with van der Waals surface area (Å²) in [5, 5.41) is 6.11. The van der Waals surface area contributed by atoms with Crippen molar-refractivity contribution >= 4 is 39.8 Å². The molecule has 2 N–H and O–H groups in total. The van der Waals surface area contributed by atoms with Crippen LogP contribution < -0.4 is 10.6 Å². The van der Waals surface area contributed by atoms with Crippen LogP contribution in [0.15, 0.2) is 40.2 Å². The molecule has 0 spiro atoms. The molecule has 114 valence electrons. The first-order valence-electron chi connectivity index (χ1n) is 6.40. The van der Waals surface area contributed by atoms with Gasteiger partial charge in [0.15, 0.2) is 15.8 Å². The summed E-state index contributed by atoms with van der Waals surface area (Å²) in [4.78, 5) is 4.58. The summed E-state index contributed by atoms with van der Waals surface area (Å²) in [6.45, 7) is 5.67. The maximum Gasteiger partial charge on any atom is 0.191 e. The molecule has 0 aliphatic heterocycles. The van der Waals surface area contributed by atoms with Crippen molar-refractivity contribution in [1.82, 2.24) is 10.6 Å². The van der Waals surface area contributed by atoms with Crippen LogP contribution in [-0.4, -0.2) is 39.8 Å². The summed E-state index contributed by atoms with van der Waals surface area (Å²) in [7, 11) is -3.25. The van der Waals surface area contributed by atoms with Crippen LogP contribution in [0.1, 0.15) is 13.8 Å². The van der Waals surface area contributed by atoms with Crippen molar-refractivity contribution in [2.45, 2.75) is 18.7 Å². The summed E-state index contributed by atoms with van der Waals surface area (Å²) in [6.07, 6.45) is 0. The molecule has 5 nitrogen and oxygen atoms in total. The second kappa shape index (κ2) is 9.98. The quantitative estimate of drug-likeness (QED) is 0.425. The Kier molecular flexibility index (Phi) is 9.56. The van der Waals surface area contributed by atoms with Crippen LogP contribution in [0.4, 0.5) is 0 Å². The molecule has 0 saturated heterocycles. The number of guanidine groups is 1. The molecule has 0 saturated carbocycles. The van der Waals surface area contributed by atoms with E-state index in [-0.39, 0.29) is 36.3 Å². The molecule has 0 amide bonds. The lowest BCUT2D eigenvalue weighted by Gasteiger charge is -2.09. The smallest absolute Gasteiger partial charge is 0.191 e. The molecule has 0 heterocycles. The molecule has 1 aromatic carbocycles. The van der Waals surface area contributed by atoms with Gasteiger partial charge >= 0.3 is 0 Å². The van der Waals surface area contributed by atoms with Crippen LogP contribution >= 0.6 is 24.0 Å². The monoisotopic (exact) mass is 411 g/mol. The van der Waals surface area contributed by atoms with Crippen LogP contribution in [0.2, 0.25) is 0 Å². The topological polar surface area (TPSA) is 70.6 Å². The molecule has 0 fully saturated rings. The lowest BCUT2D eigenvalue weighted by atomic mass is 10.4. The fraction of sp³-hybridized carbons (Fsp3) is 0.462. The Labute approximate surface area is 138 Å². The van der Waals surface area contributed by atoms with Gasteiger partial charge in [0.2, 0.25) is 0 Å². The molecule has 20 heavy (non-hydrogen) atoms. The third kappa shape index (κ3) is 6.56. The maximum atomic E-state index is 12.0. The molecular weight excluding hydrogens is 389 g/mol.